The van der Waals surface area contributed by atoms with Gasteiger partial charge in [-0.15, -0.1) is 0 Å². The number of nitrogens with zero attached hydrogens (tertiary/aromatic N) is 1. The molecule has 3 atom stereocenters. The first-order valence-corrected chi connectivity index (χ1v) is 8.29. The van der Waals surface area contributed by atoms with Gasteiger partial charge in [-0.3, -0.25) is 4.90 Å². The summed E-state index contributed by atoms with van der Waals surface area (Å²) in [6.07, 6.45) is 3.00. The maximum absolute atomic E-state index is 6.02. The minimum atomic E-state index is 0.341. The molecule has 2 heterocycles. The number of hydrogen-bond donors (Lipinski definition) is 1. The van der Waals surface area contributed by atoms with Crippen molar-refractivity contribution in [3.05, 3.63) is 34.9 Å². The van der Waals surface area contributed by atoms with E-state index in [0.29, 0.717) is 18.2 Å². The Morgan fingerprint density at radius 2 is 2.19 bits per heavy atom. The van der Waals surface area contributed by atoms with E-state index in [2.05, 4.69) is 49.2 Å². The van der Waals surface area contributed by atoms with Crippen LogP contribution in [0.3, 0.4) is 0 Å². The van der Waals surface area contributed by atoms with Gasteiger partial charge in [0.05, 0.1) is 12.7 Å². The van der Waals surface area contributed by atoms with Gasteiger partial charge in [0, 0.05) is 25.2 Å². The monoisotopic (exact) mass is 288 g/mol. The van der Waals surface area contributed by atoms with E-state index >= 15 is 0 Å². The van der Waals surface area contributed by atoms with Crippen molar-refractivity contribution >= 4 is 0 Å². The van der Waals surface area contributed by atoms with Crippen molar-refractivity contribution in [2.75, 3.05) is 26.2 Å². The van der Waals surface area contributed by atoms with Gasteiger partial charge in [-0.2, -0.15) is 0 Å². The molecule has 0 amide bonds. The molecule has 0 aromatic heterocycles. The predicted octanol–water partition coefficient (Wildman–Crippen LogP) is 2.82. The topological polar surface area (TPSA) is 24.5 Å². The number of nitrogens with one attached hydrogen (secondary N) is 1. The fourth-order valence-electron chi connectivity index (χ4n) is 3.47. The van der Waals surface area contributed by atoms with E-state index in [4.69, 9.17) is 4.74 Å². The third kappa shape index (κ3) is 3.47. The van der Waals surface area contributed by atoms with Crippen LogP contribution in [0.4, 0.5) is 0 Å². The SMILES string of the molecule is Cc1ccc(C(C)NCC2CN3CCCC3CO2)cc1C. The summed E-state index contributed by atoms with van der Waals surface area (Å²) in [7, 11) is 0. The zero-order chi connectivity index (χ0) is 14.8. The Labute approximate surface area is 128 Å². The van der Waals surface area contributed by atoms with E-state index in [1.54, 1.807) is 0 Å². The molecule has 0 saturated carbocycles. The van der Waals surface area contributed by atoms with Crippen molar-refractivity contribution in [3.63, 3.8) is 0 Å². The molecule has 0 aliphatic carbocycles. The van der Waals surface area contributed by atoms with Crippen LogP contribution >= 0.6 is 0 Å². The van der Waals surface area contributed by atoms with Crippen LogP contribution in [-0.2, 0) is 4.74 Å². The Morgan fingerprint density at radius 1 is 1.33 bits per heavy atom. The smallest absolute Gasteiger partial charge is 0.0827 e. The lowest BCUT2D eigenvalue weighted by Gasteiger charge is -2.35. The van der Waals surface area contributed by atoms with Crippen molar-refractivity contribution in [3.8, 4) is 0 Å². The van der Waals surface area contributed by atoms with Crippen molar-refractivity contribution in [1.82, 2.24) is 10.2 Å². The lowest BCUT2D eigenvalue weighted by atomic mass is 10.0. The van der Waals surface area contributed by atoms with Gasteiger partial charge in [-0.1, -0.05) is 18.2 Å². The van der Waals surface area contributed by atoms with Gasteiger partial charge in [0.25, 0.3) is 0 Å². The highest BCUT2D eigenvalue weighted by Gasteiger charge is 2.32. The zero-order valence-corrected chi connectivity index (χ0v) is 13.6. The number of hydrogen-bond acceptors (Lipinski definition) is 3. The first kappa shape index (κ1) is 15.0. The first-order chi connectivity index (χ1) is 10.1. The summed E-state index contributed by atoms with van der Waals surface area (Å²) < 4.78 is 6.02. The summed E-state index contributed by atoms with van der Waals surface area (Å²) in [5.74, 6) is 0. The van der Waals surface area contributed by atoms with Crippen molar-refractivity contribution < 1.29 is 4.74 Å². The van der Waals surface area contributed by atoms with Gasteiger partial charge in [-0.05, 0) is 56.8 Å². The maximum Gasteiger partial charge on any atom is 0.0827 e. The quantitative estimate of drug-likeness (QED) is 0.922. The number of aryl methyl sites for hydroxylation is 2. The summed E-state index contributed by atoms with van der Waals surface area (Å²) in [5, 5.41) is 3.64. The van der Waals surface area contributed by atoms with Crippen LogP contribution in [0.25, 0.3) is 0 Å². The van der Waals surface area contributed by atoms with Crippen LogP contribution in [0.15, 0.2) is 18.2 Å². The van der Waals surface area contributed by atoms with Gasteiger partial charge in [-0.25, -0.2) is 0 Å². The molecule has 0 bridgehead atoms. The Kier molecular flexibility index (Phi) is 4.63. The molecule has 1 N–H and O–H groups in total. The molecule has 2 fully saturated rings. The second-order valence-electron chi connectivity index (χ2n) is 6.72. The standard InChI is InChI=1S/C18H28N2O/c1-13-6-7-16(9-14(13)2)15(3)19-10-18-11-20-8-4-5-17(20)12-21-18/h6-7,9,15,17-19H,4-5,8,10-12H2,1-3H3. The Balaban J connectivity index is 1.51. The van der Waals surface area contributed by atoms with E-state index in [1.165, 1.54) is 36.1 Å². The van der Waals surface area contributed by atoms with Crippen LogP contribution in [0.1, 0.15) is 42.5 Å². The van der Waals surface area contributed by atoms with E-state index in [1.807, 2.05) is 0 Å². The van der Waals surface area contributed by atoms with Crippen LogP contribution in [-0.4, -0.2) is 43.3 Å². The van der Waals surface area contributed by atoms with Crippen molar-refractivity contribution in [2.45, 2.75) is 51.8 Å². The van der Waals surface area contributed by atoms with E-state index in [9.17, 15) is 0 Å². The van der Waals surface area contributed by atoms with Crippen molar-refractivity contribution in [1.29, 1.82) is 0 Å². The zero-order valence-electron chi connectivity index (χ0n) is 13.6. The van der Waals surface area contributed by atoms with E-state index < -0.39 is 0 Å². The van der Waals surface area contributed by atoms with E-state index in [0.717, 1.165) is 19.7 Å². The summed E-state index contributed by atoms with van der Waals surface area (Å²) in [6.45, 7) is 10.8. The molecule has 3 unspecified atom stereocenters. The first-order valence-electron chi connectivity index (χ1n) is 8.29. The van der Waals surface area contributed by atoms with Crippen LogP contribution in [0.5, 0.6) is 0 Å². The summed E-state index contributed by atoms with van der Waals surface area (Å²) in [6, 6.07) is 7.82. The number of fused-ring (bicyclic) bond motifs is 1. The third-order valence-corrected chi connectivity index (χ3v) is 5.14. The van der Waals surface area contributed by atoms with Crippen LogP contribution in [0.2, 0.25) is 0 Å². The molecular weight excluding hydrogens is 260 g/mol. The fourth-order valence-corrected chi connectivity index (χ4v) is 3.47. The average Bonchev–Trinajstić information content (AvgIpc) is 2.95. The second-order valence-corrected chi connectivity index (χ2v) is 6.72. The lowest BCUT2D eigenvalue weighted by Crippen LogP contribution is -2.49. The van der Waals surface area contributed by atoms with Gasteiger partial charge in [0.2, 0.25) is 0 Å². The largest absolute Gasteiger partial charge is 0.374 e. The molecule has 1 aromatic rings. The van der Waals surface area contributed by atoms with Gasteiger partial charge < -0.3 is 10.1 Å². The Hall–Kier alpha value is -0.900. The van der Waals surface area contributed by atoms with Crippen molar-refractivity contribution in [2.24, 2.45) is 0 Å². The summed E-state index contributed by atoms with van der Waals surface area (Å²) in [5.41, 5.74) is 4.10. The lowest BCUT2D eigenvalue weighted by molar-refractivity contribution is -0.0477. The van der Waals surface area contributed by atoms with Crippen LogP contribution in [0, 0.1) is 13.8 Å². The molecule has 3 rings (SSSR count). The number of benzene rings is 1. The van der Waals surface area contributed by atoms with Gasteiger partial charge >= 0.3 is 0 Å². The molecule has 21 heavy (non-hydrogen) atoms. The highest BCUT2D eigenvalue weighted by molar-refractivity contribution is 5.31. The fraction of sp³-hybridized carbons (Fsp3) is 0.667. The number of rotatable bonds is 4. The van der Waals surface area contributed by atoms with Crippen LogP contribution < -0.4 is 5.32 Å². The molecule has 3 nitrogen and oxygen atoms in total. The molecule has 2 aliphatic heterocycles. The number of morpholine rings is 1. The summed E-state index contributed by atoms with van der Waals surface area (Å²) >= 11 is 0. The molecule has 116 valence electrons. The van der Waals surface area contributed by atoms with E-state index in [-0.39, 0.29) is 0 Å². The molecule has 2 aliphatic rings. The predicted molar refractivity (Wildman–Crippen MR) is 86.7 cm³/mol. The highest BCUT2D eigenvalue weighted by Crippen LogP contribution is 2.23. The van der Waals surface area contributed by atoms with Gasteiger partial charge in [0.1, 0.15) is 0 Å². The molecule has 0 radical (unpaired) electrons. The highest BCUT2D eigenvalue weighted by atomic mass is 16.5. The molecule has 3 heteroatoms. The number of ether oxygens (including phenoxy) is 1. The Bertz CT molecular complexity index is 488. The van der Waals surface area contributed by atoms with Gasteiger partial charge in [0.15, 0.2) is 0 Å². The minimum absolute atomic E-state index is 0.341. The molecular formula is C18H28N2O. The normalized spacial score (nSPS) is 27.6. The average molecular weight is 288 g/mol. The third-order valence-electron chi connectivity index (χ3n) is 5.14. The minimum Gasteiger partial charge on any atom is -0.374 e. The summed E-state index contributed by atoms with van der Waals surface area (Å²) in [4.78, 5) is 2.61. The molecule has 1 aromatic carbocycles. The molecule has 0 spiro atoms. The maximum atomic E-state index is 6.02. The molecule has 2 saturated heterocycles. The Morgan fingerprint density at radius 3 is 3.00 bits per heavy atom. The second kappa shape index (κ2) is 6.47.